The lowest BCUT2D eigenvalue weighted by molar-refractivity contribution is 0.282. The molecule has 1 aliphatic rings. The lowest BCUT2D eigenvalue weighted by Gasteiger charge is -2.28. The highest BCUT2D eigenvalue weighted by molar-refractivity contribution is 7.96. The third-order valence-corrected chi connectivity index (χ3v) is 10.5. The molecule has 0 aromatic heterocycles. The van der Waals surface area contributed by atoms with Crippen LogP contribution in [0.1, 0.15) is 24.1 Å². The number of aryl methyl sites for hydroxylation is 1. The topological polar surface area (TPSA) is 86.8 Å². The van der Waals surface area contributed by atoms with E-state index in [1.165, 1.54) is 0 Å². The van der Waals surface area contributed by atoms with Crippen LogP contribution in [0, 0.1) is 0 Å². The first-order valence-corrected chi connectivity index (χ1v) is 14.5. The quantitative estimate of drug-likeness (QED) is 0.573. The summed E-state index contributed by atoms with van der Waals surface area (Å²) < 4.78 is 51.6. The van der Waals surface area contributed by atoms with Gasteiger partial charge in [0.2, 0.25) is 0 Å². The smallest absolute Gasteiger partial charge is 0.183 e. The Hall–Kier alpha value is -1.94. The zero-order chi connectivity index (χ0) is 24.4. The molecule has 2 aromatic rings. The van der Waals surface area contributed by atoms with Crippen LogP contribution in [-0.4, -0.2) is 79.3 Å². The largest absolute Gasteiger partial charge is 0.378 e. The van der Waals surface area contributed by atoms with E-state index in [4.69, 9.17) is 0 Å². The summed E-state index contributed by atoms with van der Waals surface area (Å²) in [4.78, 5) is 4.25. The summed E-state index contributed by atoms with van der Waals surface area (Å²) in [5.41, 5.74) is 3.21. The van der Waals surface area contributed by atoms with Crippen molar-refractivity contribution in [3.63, 3.8) is 0 Å². The van der Waals surface area contributed by atoms with Crippen molar-refractivity contribution in [2.75, 3.05) is 51.1 Å². The molecule has 33 heavy (non-hydrogen) atoms. The van der Waals surface area contributed by atoms with E-state index in [1.807, 2.05) is 57.0 Å². The Morgan fingerprint density at radius 3 is 2.09 bits per heavy atom. The highest BCUT2D eigenvalue weighted by atomic mass is 32.2. The second-order valence-electron chi connectivity index (χ2n) is 9.14. The van der Waals surface area contributed by atoms with Crippen LogP contribution in [0.3, 0.4) is 0 Å². The average Bonchev–Trinajstić information content (AvgIpc) is 3.09. The van der Waals surface area contributed by atoms with Crippen molar-refractivity contribution in [2.24, 2.45) is 0 Å². The molecular formula is C24H35N3O4S2. The maximum absolute atomic E-state index is 13.4. The minimum atomic E-state index is -3.79. The van der Waals surface area contributed by atoms with Crippen molar-refractivity contribution >= 4 is 25.4 Å². The van der Waals surface area contributed by atoms with Crippen LogP contribution in [0.5, 0.6) is 0 Å². The number of likely N-dealkylation sites (N-methyl/N-ethyl adjacent to an activating group) is 1. The van der Waals surface area contributed by atoms with Gasteiger partial charge >= 0.3 is 0 Å². The molecule has 0 spiro atoms. The van der Waals surface area contributed by atoms with Crippen LogP contribution < -0.4 is 10.2 Å². The van der Waals surface area contributed by atoms with E-state index in [2.05, 4.69) is 17.4 Å². The van der Waals surface area contributed by atoms with Gasteiger partial charge in [0.05, 0.1) is 21.7 Å². The van der Waals surface area contributed by atoms with Crippen molar-refractivity contribution in [3.8, 4) is 0 Å². The zero-order valence-corrected chi connectivity index (χ0v) is 21.7. The fraction of sp³-hybridized carbons (Fsp3) is 0.500. The fourth-order valence-corrected chi connectivity index (χ4v) is 8.97. The van der Waals surface area contributed by atoms with Gasteiger partial charge in [-0.05, 0) is 55.9 Å². The Labute approximate surface area is 198 Å². The Morgan fingerprint density at radius 2 is 1.58 bits per heavy atom. The van der Waals surface area contributed by atoms with Gasteiger partial charge in [-0.25, -0.2) is 16.8 Å². The molecule has 3 atom stereocenters. The predicted molar refractivity (Wildman–Crippen MR) is 134 cm³/mol. The molecule has 1 fully saturated rings. The van der Waals surface area contributed by atoms with Gasteiger partial charge < -0.3 is 15.1 Å². The lowest BCUT2D eigenvalue weighted by Crippen LogP contribution is -2.46. The Balaban J connectivity index is 1.82. The molecule has 0 bridgehead atoms. The van der Waals surface area contributed by atoms with E-state index in [0.29, 0.717) is 6.54 Å². The van der Waals surface area contributed by atoms with Gasteiger partial charge in [0, 0.05) is 38.4 Å². The minimum absolute atomic E-state index is 0.0308. The van der Waals surface area contributed by atoms with Crippen molar-refractivity contribution in [1.82, 2.24) is 10.2 Å². The summed E-state index contributed by atoms with van der Waals surface area (Å²) >= 11 is 0. The van der Waals surface area contributed by atoms with Crippen LogP contribution in [0.25, 0.3) is 0 Å². The summed E-state index contributed by atoms with van der Waals surface area (Å²) in [7, 11) is 0.635. The Bertz CT molecular complexity index is 1140. The molecule has 2 aromatic carbocycles. The first-order valence-electron chi connectivity index (χ1n) is 11.1. The Kier molecular flexibility index (Phi) is 7.88. The summed E-state index contributed by atoms with van der Waals surface area (Å²) in [6.45, 7) is 2.44. The van der Waals surface area contributed by atoms with E-state index < -0.39 is 31.0 Å². The van der Waals surface area contributed by atoms with Gasteiger partial charge in [0.25, 0.3) is 0 Å². The first-order chi connectivity index (χ1) is 15.4. The van der Waals surface area contributed by atoms with E-state index in [0.717, 1.165) is 23.2 Å². The maximum atomic E-state index is 13.4. The lowest BCUT2D eigenvalue weighted by atomic mass is 10.0. The highest BCUT2D eigenvalue weighted by Gasteiger charge is 2.45. The van der Waals surface area contributed by atoms with Gasteiger partial charge in [-0.15, -0.1) is 0 Å². The second kappa shape index (κ2) is 10.1. The molecular weight excluding hydrogens is 458 g/mol. The molecule has 3 rings (SSSR count). The summed E-state index contributed by atoms with van der Waals surface area (Å²) in [6.07, 6.45) is 0.809. The van der Waals surface area contributed by atoms with Crippen molar-refractivity contribution in [2.45, 2.75) is 35.6 Å². The molecule has 1 N–H and O–H groups in total. The molecule has 182 valence electrons. The Morgan fingerprint density at radius 1 is 0.970 bits per heavy atom. The highest BCUT2D eigenvalue weighted by Crippen LogP contribution is 2.28. The van der Waals surface area contributed by atoms with Crippen molar-refractivity contribution < 1.29 is 16.8 Å². The number of sulfone groups is 2. The van der Waals surface area contributed by atoms with Gasteiger partial charge in [0.1, 0.15) is 0 Å². The van der Waals surface area contributed by atoms with Crippen LogP contribution in [0.2, 0.25) is 0 Å². The molecule has 0 radical (unpaired) electrons. The molecule has 1 aliphatic heterocycles. The van der Waals surface area contributed by atoms with Crippen LogP contribution in [-0.2, 0) is 26.1 Å². The summed E-state index contributed by atoms with van der Waals surface area (Å²) in [5, 5.41) is 2.29. The van der Waals surface area contributed by atoms with Crippen LogP contribution in [0.4, 0.5) is 5.69 Å². The minimum Gasteiger partial charge on any atom is -0.378 e. The third kappa shape index (κ3) is 5.95. The number of benzene rings is 2. The molecule has 0 saturated carbocycles. The molecule has 7 nitrogen and oxygen atoms in total. The number of hydrogen-bond donors (Lipinski definition) is 1. The molecule has 1 saturated heterocycles. The number of anilines is 1. The molecule has 0 aliphatic carbocycles. The van der Waals surface area contributed by atoms with Crippen LogP contribution in [0.15, 0.2) is 53.4 Å². The van der Waals surface area contributed by atoms with Crippen molar-refractivity contribution in [1.29, 1.82) is 0 Å². The summed E-state index contributed by atoms with van der Waals surface area (Å²) in [6, 6.07) is 14.3. The molecule has 0 amide bonds. The van der Waals surface area contributed by atoms with E-state index in [-0.39, 0.29) is 22.4 Å². The van der Waals surface area contributed by atoms with Crippen LogP contribution >= 0.6 is 0 Å². The number of nitrogens with zero attached hydrogens (tertiary/aromatic N) is 2. The third-order valence-electron chi connectivity index (χ3n) is 6.35. The number of hydrogen-bond acceptors (Lipinski definition) is 7. The number of rotatable bonds is 9. The van der Waals surface area contributed by atoms with E-state index >= 15 is 0 Å². The average molecular weight is 494 g/mol. The van der Waals surface area contributed by atoms with E-state index in [9.17, 15) is 16.8 Å². The molecule has 1 heterocycles. The van der Waals surface area contributed by atoms with Gasteiger partial charge in [0.15, 0.2) is 19.7 Å². The normalized spacial score (nSPS) is 21.3. The molecule has 9 heteroatoms. The van der Waals surface area contributed by atoms with Gasteiger partial charge in [-0.2, -0.15) is 0 Å². The standard InChI is InChI=1S/C24H35N3O4S2/c1-6-18-7-13-21(14-8-18)33(30,31)24-17-32(28,29)16-22(24)25-15-23(27(4)5)19-9-11-20(12-10-19)26(2)3/h7-14,22-25H,6,15-17H2,1-5H3/t22-,23?,24-/m0/s1. The maximum Gasteiger partial charge on any atom is 0.183 e. The second-order valence-corrected chi connectivity index (χ2v) is 13.5. The zero-order valence-electron chi connectivity index (χ0n) is 20.0. The summed E-state index contributed by atoms with van der Waals surface area (Å²) in [5.74, 6) is -0.531. The van der Waals surface area contributed by atoms with E-state index in [1.54, 1.807) is 24.3 Å². The SMILES string of the molecule is CCc1ccc(S(=O)(=O)[C@H]2CS(=O)(=O)C[C@@H]2NCC(c2ccc(N(C)C)cc2)N(C)C)cc1. The first kappa shape index (κ1) is 25.7. The monoisotopic (exact) mass is 493 g/mol. The fourth-order valence-electron chi connectivity index (χ4n) is 4.26. The number of nitrogens with one attached hydrogen (secondary N) is 1. The molecule has 1 unspecified atom stereocenters. The predicted octanol–water partition coefficient (Wildman–Crippen LogP) is 2.15. The van der Waals surface area contributed by atoms with Crippen molar-refractivity contribution in [3.05, 3.63) is 59.7 Å². The van der Waals surface area contributed by atoms with Gasteiger partial charge in [-0.3, -0.25) is 0 Å². The van der Waals surface area contributed by atoms with Gasteiger partial charge in [-0.1, -0.05) is 31.2 Å².